The number of hydrogen-bond acceptors (Lipinski definition) is 3. The van der Waals surface area contributed by atoms with Gasteiger partial charge in [0, 0.05) is 24.7 Å². The number of benzene rings is 1. The van der Waals surface area contributed by atoms with E-state index in [-0.39, 0.29) is 5.91 Å². The smallest absolute Gasteiger partial charge is 0.254 e. The van der Waals surface area contributed by atoms with Crippen molar-refractivity contribution in [3.05, 3.63) is 29.8 Å². The van der Waals surface area contributed by atoms with Crippen LogP contribution in [-0.2, 0) is 0 Å². The van der Waals surface area contributed by atoms with Crippen LogP contribution in [0.25, 0.3) is 0 Å². The van der Waals surface area contributed by atoms with Crippen LogP contribution in [-0.4, -0.2) is 43.6 Å². The molecule has 0 saturated carbocycles. The van der Waals surface area contributed by atoms with Gasteiger partial charge < -0.3 is 15.0 Å². The molecular weight excluding hydrogens is 240 g/mol. The molecule has 1 N–H and O–H groups in total. The lowest BCUT2D eigenvalue weighted by Gasteiger charge is -2.24. The van der Waals surface area contributed by atoms with Crippen molar-refractivity contribution < 1.29 is 9.53 Å². The van der Waals surface area contributed by atoms with E-state index in [9.17, 15) is 4.79 Å². The Morgan fingerprint density at radius 2 is 2.37 bits per heavy atom. The third-order valence-electron chi connectivity index (χ3n) is 3.47. The standard InChI is InChI=1S/C15H22N2O2/c1-3-19-14-8-4-6-12(10-14)15(18)17-9-5-7-13(17)11-16-2/h4,6,8,10,13,16H,3,5,7,9,11H2,1-2H3. The summed E-state index contributed by atoms with van der Waals surface area (Å²) in [5, 5.41) is 3.16. The molecule has 1 aromatic carbocycles. The van der Waals surface area contributed by atoms with E-state index >= 15 is 0 Å². The van der Waals surface area contributed by atoms with Gasteiger partial charge in [0.2, 0.25) is 0 Å². The van der Waals surface area contributed by atoms with Gasteiger partial charge in [-0.3, -0.25) is 4.79 Å². The molecule has 0 spiro atoms. The van der Waals surface area contributed by atoms with Crippen LogP contribution in [0.3, 0.4) is 0 Å². The zero-order chi connectivity index (χ0) is 13.7. The van der Waals surface area contributed by atoms with Crippen LogP contribution in [0.5, 0.6) is 5.75 Å². The molecule has 1 heterocycles. The third kappa shape index (κ3) is 3.26. The molecule has 0 aliphatic carbocycles. The second-order valence-corrected chi connectivity index (χ2v) is 4.81. The Labute approximate surface area is 114 Å². The molecule has 0 bridgehead atoms. The summed E-state index contributed by atoms with van der Waals surface area (Å²) in [7, 11) is 1.93. The quantitative estimate of drug-likeness (QED) is 0.881. The van der Waals surface area contributed by atoms with Crippen molar-refractivity contribution in [2.45, 2.75) is 25.8 Å². The van der Waals surface area contributed by atoms with Gasteiger partial charge in [0.05, 0.1) is 6.61 Å². The average molecular weight is 262 g/mol. The van der Waals surface area contributed by atoms with E-state index in [0.29, 0.717) is 18.2 Å². The molecule has 104 valence electrons. The van der Waals surface area contributed by atoms with Crippen molar-refractivity contribution >= 4 is 5.91 Å². The first-order valence-corrected chi connectivity index (χ1v) is 6.94. The largest absolute Gasteiger partial charge is 0.494 e. The summed E-state index contributed by atoms with van der Waals surface area (Å²) in [5.41, 5.74) is 0.717. The van der Waals surface area contributed by atoms with Gasteiger partial charge in [-0.15, -0.1) is 0 Å². The summed E-state index contributed by atoms with van der Waals surface area (Å²) in [6.45, 7) is 4.27. The number of hydrogen-bond donors (Lipinski definition) is 1. The lowest BCUT2D eigenvalue weighted by Crippen LogP contribution is -2.40. The number of rotatable bonds is 5. The second-order valence-electron chi connectivity index (χ2n) is 4.81. The highest BCUT2D eigenvalue weighted by molar-refractivity contribution is 5.95. The summed E-state index contributed by atoms with van der Waals surface area (Å²) < 4.78 is 5.45. The van der Waals surface area contributed by atoms with Crippen LogP contribution in [0, 0.1) is 0 Å². The summed E-state index contributed by atoms with van der Waals surface area (Å²) in [4.78, 5) is 14.5. The fourth-order valence-corrected chi connectivity index (χ4v) is 2.60. The summed E-state index contributed by atoms with van der Waals surface area (Å²) in [6.07, 6.45) is 2.17. The van der Waals surface area contributed by atoms with E-state index in [1.54, 1.807) is 0 Å². The number of carbonyl (C=O) groups excluding carboxylic acids is 1. The second kappa shape index (κ2) is 6.57. The number of nitrogens with zero attached hydrogens (tertiary/aromatic N) is 1. The van der Waals surface area contributed by atoms with Crippen LogP contribution in [0.2, 0.25) is 0 Å². The Bertz CT molecular complexity index is 434. The molecule has 4 heteroatoms. The lowest BCUT2D eigenvalue weighted by atomic mass is 10.1. The van der Waals surface area contributed by atoms with Crippen LogP contribution >= 0.6 is 0 Å². The van der Waals surface area contributed by atoms with E-state index < -0.39 is 0 Å². The van der Waals surface area contributed by atoms with Crippen molar-refractivity contribution in [3.63, 3.8) is 0 Å². The Morgan fingerprint density at radius 1 is 1.53 bits per heavy atom. The third-order valence-corrected chi connectivity index (χ3v) is 3.47. The van der Waals surface area contributed by atoms with Crippen molar-refractivity contribution in [2.24, 2.45) is 0 Å². The first kappa shape index (κ1) is 13.9. The van der Waals surface area contributed by atoms with Crippen LogP contribution in [0.4, 0.5) is 0 Å². The Kier molecular flexibility index (Phi) is 4.80. The molecular formula is C15H22N2O2. The van der Waals surface area contributed by atoms with E-state index in [4.69, 9.17) is 4.74 Å². The number of carbonyl (C=O) groups is 1. The van der Waals surface area contributed by atoms with Gasteiger partial charge in [-0.25, -0.2) is 0 Å². The molecule has 4 nitrogen and oxygen atoms in total. The van der Waals surface area contributed by atoms with Gasteiger partial charge in [-0.1, -0.05) is 6.07 Å². The molecule has 19 heavy (non-hydrogen) atoms. The normalized spacial score (nSPS) is 18.6. The molecule has 0 radical (unpaired) electrons. The van der Waals surface area contributed by atoms with Crippen molar-refractivity contribution in [1.29, 1.82) is 0 Å². The summed E-state index contributed by atoms with van der Waals surface area (Å²) in [5.74, 6) is 0.872. The van der Waals surface area contributed by atoms with Gasteiger partial charge in [0.15, 0.2) is 0 Å². The predicted octanol–water partition coefficient (Wildman–Crippen LogP) is 1.91. The fraction of sp³-hybridized carbons (Fsp3) is 0.533. The SMILES string of the molecule is CCOc1cccc(C(=O)N2CCCC2CNC)c1. The molecule has 0 aromatic heterocycles. The highest BCUT2D eigenvalue weighted by atomic mass is 16.5. The van der Waals surface area contributed by atoms with Crippen molar-refractivity contribution in [3.8, 4) is 5.75 Å². The van der Waals surface area contributed by atoms with Gasteiger partial charge in [-0.05, 0) is 45.0 Å². The van der Waals surface area contributed by atoms with E-state index in [0.717, 1.165) is 31.7 Å². The minimum absolute atomic E-state index is 0.110. The zero-order valence-corrected chi connectivity index (χ0v) is 11.7. The molecule has 1 aromatic rings. The Hall–Kier alpha value is -1.55. The van der Waals surface area contributed by atoms with Crippen molar-refractivity contribution in [1.82, 2.24) is 10.2 Å². The summed E-state index contributed by atoms with van der Waals surface area (Å²) >= 11 is 0. The van der Waals surface area contributed by atoms with Gasteiger partial charge in [0.1, 0.15) is 5.75 Å². The van der Waals surface area contributed by atoms with E-state index in [1.807, 2.05) is 43.1 Å². The highest BCUT2D eigenvalue weighted by Gasteiger charge is 2.28. The first-order valence-electron chi connectivity index (χ1n) is 6.94. The predicted molar refractivity (Wildman–Crippen MR) is 75.6 cm³/mol. The Balaban J connectivity index is 2.12. The molecule has 1 unspecified atom stereocenters. The van der Waals surface area contributed by atoms with Gasteiger partial charge >= 0.3 is 0 Å². The maximum absolute atomic E-state index is 12.5. The molecule has 2 rings (SSSR count). The molecule has 1 aliphatic heterocycles. The average Bonchev–Trinajstić information content (AvgIpc) is 2.87. The Morgan fingerprint density at radius 3 is 3.11 bits per heavy atom. The van der Waals surface area contributed by atoms with Crippen LogP contribution in [0.1, 0.15) is 30.1 Å². The number of nitrogens with one attached hydrogen (secondary N) is 1. The number of ether oxygens (including phenoxy) is 1. The molecule has 1 aliphatic rings. The maximum atomic E-state index is 12.5. The molecule has 1 fully saturated rings. The topological polar surface area (TPSA) is 41.6 Å². The van der Waals surface area contributed by atoms with E-state index in [1.165, 1.54) is 0 Å². The zero-order valence-electron chi connectivity index (χ0n) is 11.7. The molecule has 1 saturated heterocycles. The van der Waals surface area contributed by atoms with Crippen LogP contribution < -0.4 is 10.1 Å². The minimum Gasteiger partial charge on any atom is -0.494 e. The van der Waals surface area contributed by atoms with E-state index in [2.05, 4.69) is 5.32 Å². The maximum Gasteiger partial charge on any atom is 0.254 e. The first-order chi connectivity index (χ1) is 9.26. The lowest BCUT2D eigenvalue weighted by molar-refractivity contribution is 0.0736. The van der Waals surface area contributed by atoms with Crippen molar-refractivity contribution in [2.75, 3.05) is 26.7 Å². The minimum atomic E-state index is 0.110. The molecule has 1 atom stereocenters. The highest BCUT2D eigenvalue weighted by Crippen LogP contribution is 2.21. The number of likely N-dealkylation sites (tertiary alicyclic amines) is 1. The van der Waals surface area contributed by atoms with Gasteiger partial charge in [0.25, 0.3) is 5.91 Å². The number of likely N-dealkylation sites (N-methyl/N-ethyl adjacent to an activating group) is 1. The van der Waals surface area contributed by atoms with Gasteiger partial charge in [-0.2, -0.15) is 0 Å². The van der Waals surface area contributed by atoms with Crippen LogP contribution in [0.15, 0.2) is 24.3 Å². The number of amides is 1. The fourth-order valence-electron chi connectivity index (χ4n) is 2.60. The molecule has 1 amide bonds. The monoisotopic (exact) mass is 262 g/mol. The summed E-state index contributed by atoms with van der Waals surface area (Å²) in [6, 6.07) is 7.77.